The zero-order valence-electron chi connectivity index (χ0n) is 11.8. The molecule has 4 heteroatoms. The first-order valence-corrected chi connectivity index (χ1v) is 7.94. The first kappa shape index (κ1) is 15.7. The monoisotopic (exact) mass is 349 g/mol. The number of carbonyl (C=O) groups is 1. The lowest BCUT2D eigenvalue weighted by Gasteiger charge is -2.09. The van der Waals surface area contributed by atoms with Gasteiger partial charge in [0.25, 0.3) is 5.91 Å². The Morgan fingerprint density at radius 2 is 2.05 bits per heavy atom. The summed E-state index contributed by atoms with van der Waals surface area (Å²) in [6.45, 7) is 1.79. The zero-order valence-corrected chi connectivity index (χ0v) is 13.4. The predicted octanol–water partition coefficient (Wildman–Crippen LogP) is 4.71. The quantitative estimate of drug-likeness (QED) is 0.777. The Morgan fingerprint density at radius 1 is 1.24 bits per heavy atom. The molecule has 0 unspecified atom stereocenters. The molecule has 0 saturated heterocycles. The second kappa shape index (κ2) is 7.36. The van der Waals surface area contributed by atoms with Crippen LogP contribution in [0.25, 0.3) is 0 Å². The first-order valence-electron chi connectivity index (χ1n) is 6.82. The van der Waals surface area contributed by atoms with E-state index in [1.165, 1.54) is 17.7 Å². The standard InChI is InChI=1S/C17H17BrFNO/c1-12-7-8-14(19)11-16(12)17(21)20-15-6-2-4-13(10-15)5-3-9-18/h2,4,6-8,10-11H,3,5,9H2,1H3,(H,20,21). The van der Waals surface area contributed by atoms with Crippen molar-refractivity contribution in [2.45, 2.75) is 19.8 Å². The van der Waals surface area contributed by atoms with E-state index in [4.69, 9.17) is 0 Å². The van der Waals surface area contributed by atoms with Gasteiger partial charge < -0.3 is 5.32 Å². The summed E-state index contributed by atoms with van der Waals surface area (Å²) in [5.74, 6) is -0.693. The average Bonchev–Trinajstić information content (AvgIpc) is 2.48. The third kappa shape index (κ3) is 4.39. The molecular formula is C17H17BrFNO. The molecule has 2 aromatic rings. The van der Waals surface area contributed by atoms with E-state index in [1.807, 2.05) is 24.3 Å². The Kier molecular flexibility index (Phi) is 5.51. The van der Waals surface area contributed by atoms with Crippen LogP contribution in [0.1, 0.15) is 27.9 Å². The van der Waals surface area contributed by atoms with Gasteiger partial charge in [0.2, 0.25) is 0 Å². The Bertz CT molecular complexity index is 642. The normalized spacial score (nSPS) is 10.4. The van der Waals surface area contributed by atoms with E-state index in [9.17, 15) is 9.18 Å². The molecule has 2 nitrogen and oxygen atoms in total. The smallest absolute Gasteiger partial charge is 0.256 e. The summed E-state index contributed by atoms with van der Waals surface area (Å²) in [6, 6.07) is 12.0. The maximum atomic E-state index is 13.3. The average molecular weight is 350 g/mol. The van der Waals surface area contributed by atoms with Crippen LogP contribution in [-0.4, -0.2) is 11.2 Å². The number of halogens is 2. The number of hydrogen-bond donors (Lipinski definition) is 1. The minimum absolute atomic E-state index is 0.287. The Labute approximate surface area is 132 Å². The molecule has 2 aromatic carbocycles. The number of amides is 1. The minimum Gasteiger partial charge on any atom is -0.322 e. The lowest BCUT2D eigenvalue weighted by Crippen LogP contribution is -2.13. The molecule has 0 saturated carbocycles. The second-order valence-electron chi connectivity index (χ2n) is 4.91. The van der Waals surface area contributed by atoms with E-state index in [0.717, 1.165) is 29.4 Å². The lowest BCUT2D eigenvalue weighted by molar-refractivity contribution is 0.102. The van der Waals surface area contributed by atoms with Crippen molar-refractivity contribution < 1.29 is 9.18 Å². The van der Waals surface area contributed by atoms with Crippen LogP contribution >= 0.6 is 15.9 Å². The van der Waals surface area contributed by atoms with E-state index in [0.29, 0.717) is 5.56 Å². The third-order valence-electron chi connectivity index (χ3n) is 3.23. The predicted molar refractivity (Wildman–Crippen MR) is 87.6 cm³/mol. The molecule has 2 rings (SSSR count). The van der Waals surface area contributed by atoms with E-state index >= 15 is 0 Å². The number of carbonyl (C=O) groups excluding carboxylic acids is 1. The number of aryl methyl sites for hydroxylation is 2. The van der Waals surface area contributed by atoms with Crippen LogP contribution in [0.5, 0.6) is 0 Å². The fourth-order valence-electron chi connectivity index (χ4n) is 2.11. The van der Waals surface area contributed by atoms with Crippen molar-refractivity contribution in [3.63, 3.8) is 0 Å². The molecule has 0 radical (unpaired) electrons. The summed E-state index contributed by atoms with van der Waals surface area (Å²) in [6.07, 6.45) is 1.99. The summed E-state index contributed by atoms with van der Waals surface area (Å²) < 4.78 is 13.3. The summed E-state index contributed by atoms with van der Waals surface area (Å²) in [7, 11) is 0. The van der Waals surface area contributed by atoms with Crippen LogP contribution in [0.4, 0.5) is 10.1 Å². The van der Waals surface area contributed by atoms with Gasteiger partial charge in [-0.25, -0.2) is 4.39 Å². The lowest BCUT2D eigenvalue weighted by atomic mass is 10.1. The highest BCUT2D eigenvalue weighted by Gasteiger charge is 2.10. The summed E-state index contributed by atoms with van der Waals surface area (Å²) in [4.78, 5) is 12.2. The molecule has 0 aliphatic heterocycles. The highest BCUT2D eigenvalue weighted by Crippen LogP contribution is 2.16. The van der Waals surface area contributed by atoms with E-state index < -0.39 is 5.82 Å². The highest BCUT2D eigenvalue weighted by atomic mass is 79.9. The largest absolute Gasteiger partial charge is 0.322 e. The van der Waals surface area contributed by atoms with Gasteiger partial charge >= 0.3 is 0 Å². The maximum Gasteiger partial charge on any atom is 0.256 e. The molecule has 21 heavy (non-hydrogen) atoms. The molecule has 0 spiro atoms. The van der Waals surface area contributed by atoms with Crippen molar-refractivity contribution in [1.29, 1.82) is 0 Å². The van der Waals surface area contributed by atoms with Crippen molar-refractivity contribution in [2.24, 2.45) is 0 Å². The number of anilines is 1. The van der Waals surface area contributed by atoms with Crippen LogP contribution in [0, 0.1) is 12.7 Å². The van der Waals surface area contributed by atoms with Gasteiger partial charge in [-0.3, -0.25) is 4.79 Å². The third-order valence-corrected chi connectivity index (χ3v) is 3.79. The minimum atomic E-state index is -0.406. The Hall–Kier alpha value is -1.68. The topological polar surface area (TPSA) is 29.1 Å². The number of benzene rings is 2. The Balaban J connectivity index is 2.14. The van der Waals surface area contributed by atoms with Gasteiger partial charge in [-0.15, -0.1) is 0 Å². The number of alkyl halides is 1. The van der Waals surface area contributed by atoms with Gasteiger partial charge in [0.15, 0.2) is 0 Å². The number of rotatable bonds is 5. The molecular weight excluding hydrogens is 333 g/mol. The van der Waals surface area contributed by atoms with Crippen LogP contribution < -0.4 is 5.32 Å². The number of hydrogen-bond acceptors (Lipinski definition) is 1. The van der Waals surface area contributed by atoms with Crippen LogP contribution in [0.3, 0.4) is 0 Å². The molecule has 0 aliphatic carbocycles. The van der Waals surface area contributed by atoms with Gasteiger partial charge in [-0.2, -0.15) is 0 Å². The Morgan fingerprint density at radius 3 is 2.81 bits per heavy atom. The maximum absolute atomic E-state index is 13.3. The molecule has 0 aliphatic rings. The van der Waals surface area contributed by atoms with Gasteiger partial charge in [0, 0.05) is 16.6 Å². The van der Waals surface area contributed by atoms with Gasteiger partial charge in [0.05, 0.1) is 0 Å². The summed E-state index contributed by atoms with van der Waals surface area (Å²) in [5, 5.41) is 3.78. The van der Waals surface area contributed by atoms with Crippen molar-refractivity contribution in [2.75, 3.05) is 10.6 Å². The van der Waals surface area contributed by atoms with E-state index in [-0.39, 0.29) is 5.91 Å². The van der Waals surface area contributed by atoms with Gasteiger partial charge in [-0.1, -0.05) is 34.1 Å². The summed E-state index contributed by atoms with van der Waals surface area (Å²) >= 11 is 3.41. The zero-order chi connectivity index (χ0) is 15.2. The molecule has 0 atom stereocenters. The van der Waals surface area contributed by atoms with E-state index in [2.05, 4.69) is 21.2 Å². The molecule has 0 heterocycles. The molecule has 110 valence electrons. The fourth-order valence-corrected chi connectivity index (χ4v) is 2.39. The van der Waals surface area contributed by atoms with E-state index in [1.54, 1.807) is 13.0 Å². The number of nitrogens with one attached hydrogen (secondary N) is 1. The summed E-state index contributed by atoms with van der Waals surface area (Å²) in [5.41, 5.74) is 3.02. The molecule has 0 bridgehead atoms. The second-order valence-corrected chi connectivity index (χ2v) is 5.70. The SMILES string of the molecule is Cc1ccc(F)cc1C(=O)Nc1cccc(CCCBr)c1. The van der Waals surface area contributed by atoms with Crippen molar-refractivity contribution in [1.82, 2.24) is 0 Å². The van der Waals surface area contributed by atoms with Gasteiger partial charge in [0.1, 0.15) is 5.82 Å². The van der Waals surface area contributed by atoms with Crippen LogP contribution in [0.2, 0.25) is 0 Å². The van der Waals surface area contributed by atoms with Crippen LogP contribution in [-0.2, 0) is 6.42 Å². The first-order chi connectivity index (χ1) is 10.1. The van der Waals surface area contributed by atoms with Crippen LogP contribution in [0.15, 0.2) is 42.5 Å². The van der Waals surface area contributed by atoms with Crippen molar-refractivity contribution in [3.05, 3.63) is 65.0 Å². The molecule has 1 N–H and O–H groups in total. The molecule has 0 fully saturated rings. The van der Waals surface area contributed by atoms with Crippen molar-refractivity contribution >= 4 is 27.5 Å². The fraction of sp³-hybridized carbons (Fsp3) is 0.235. The molecule has 0 aromatic heterocycles. The van der Waals surface area contributed by atoms with Gasteiger partial charge in [-0.05, 0) is 55.2 Å². The highest BCUT2D eigenvalue weighted by molar-refractivity contribution is 9.09. The molecule has 1 amide bonds. The van der Waals surface area contributed by atoms with Crippen molar-refractivity contribution in [3.8, 4) is 0 Å².